The van der Waals surface area contributed by atoms with E-state index >= 15 is 0 Å². The van der Waals surface area contributed by atoms with E-state index in [0.717, 1.165) is 31.2 Å². The van der Waals surface area contributed by atoms with Crippen molar-refractivity contribution in [2.45, 2.75) is 71.0 Å². The molecular weight excluding hydrogens is 264 g/mol. The Kier molecular flexibility index (Phi) is 4.91. The molecule has 2 fully saturated rings. The lowest BCUT2D eigenvalue weighted by atomic mass is 9.94. The van der Waals surface area contributed by atoms with E-state index in [9.17, 15) is 0 Å². The van der Waals surface area contributed by atoms with E-state index < -0.39 is 0 Å². The van der Waals surface area contributed by atoms with E-state index in [-0.39, 0.29) is 0 Å². The fraction of sp³-hybridized carbons (Fsp3) is 0.875. The zero-order valence-corrected chi connectivity index (χ0v) is 13.3. The Bertz CT molecular complexity index is 439. The summed E-state index contributed by atoms with van der Waals surface area (Å²) in [6.45, 7) is 7.51. The molecule has 5 heteroatoms. The molecule has 2 atom stereocenters. The summed E-state index contributed by atoms with van der Waals surface area (Å²) in [4.78, 5) is 7.12. The lowest BCUT2D eigenvalue weighted by Crippen LogP contribution is -2.49. The second-order valence-corrected chi connectivity index (χ2v) is 6.94. The molecule has 0 aliphatic carbocycles. The molecule has 0 radical (unpaired) electrons. The number of rotatable bonds is 5. The highest BCUT2D eigenvalue weighted by molar-refractivity contribution is 4.94. The van der Waals surface area contributed by atoms with Crippen LogP contribution in [-0.2, 0) is 13.0 Å². The number of nitrogens with one attached hydrogen (secondary N) is 1. The van der Waals surface area contributed by atoms with Gasteiger partial charge in [-0.2, -0.15) is 4.98 Å². The maximum atomic E-state index is 5.46. The Morgan fingerprint density at radius 2 is 2.19 bits per heavy atom. The van der Waals surface area contributed by atoms with E-state index in [4.69, 9.17) is 4.52 Å². The highest BCUT2D eigenvalue weighted by atomic mass is 16.5. The molecule has 0 saturated carbocycles. The van der Waals surface area contributed by atoms with Crippen LogP contribution in [0.15, 0.2) is 4.52 Å². The quantitative estimate of drug-likeness (QED) is 0.903. The van der Waals surface area contributed by atoms with Crippen LogP contribution in [0.4, 0.5) is 0 Å². The summed E-state index contributed by atoms with van der Waals surface area (Å²) in [5.74, 6) is 2.21. The van der Waals surface area contributed by atoms with Gasteiger partial charge in [0.2, 0.25) is 5.89 Å². The highest BCUT2D eigenvalue weighted by Gasteiger charge is 2.32. The number of hydrogen-bond donors (Lipinski definition) is 1. The first-order valence-electron chi connectivity index (χ1n) is 8.51. The van der Waals surface area contributed by atoms with E-state index in [1.54, 1.807) is 0 Å². The molecule has 1 aromatic heterocycles. The molecule has 3 rings (SSSR count). The summed E-state index contributed by atoms with van der Waals surface area (Å²) in [6, 6.07) is 1.30. The van der Waals surface area contributed by atoms with Crippen LogP contribution in [0.3, 0.4) is 0 Å². The third-order valence-electron chi connectivity index (χ3n) is 4.67. The largest absolute Gasteiger partial charge is 0.338 e. The third kappa shape index (κ3) is 3.83. The molecule has 21 heavy (non-hydrogen) atoms. The lowest BCUT2D eigenvalue weighted by Gasteiger charge is -2.38. The van der Waals surface area contributed by atoms with Crippen LogP contribution in [0.1, 0.15) is 57.7 Å². The van der Waals surface area contributed by atoms with Crippen molar-refractivity contribution in [1.82, 2.24) is 20.4 Å². The number of likely N-dealkylation sites (tertiary alicyclic amines) is 1. The molecule has 118 valence electrons. The molecule has 2 unspecified atom stereocenters. The standard InChI is InChI=1S/C16H28N4O/c1-12(2)10-15-18-16(21-19-15)11-20-9-4-3-7-14(20)13-6-5-8-17-13/h12-14,17H,3-11H2,1-2H3. The smallest absolute Gasteiger partial charge is 0.240 e. The number of aromatic nitrogens is 2. The summed E-state index contributed by atoms with van der Waals surface area (Å²) < 4.78 is 5.46. The molecule has 2 aliphatic heterocycles. The molecule has 0 aromatic carbocycles. The molecule has 1 aromatic rings. The zero-order chi connectivity index (χ0) is 14.7. The molecule has 2 saturated heterocycles. The van der Waals surface area contributed by atoms with Crippen molar-refractivity contribution in [3.8, 4) is 0 Å². The molecule has 0 amide bonds. The minimum Gasteiger partial charge on any atom is -0.338 e. The van der Waals surface area contributed by atoms with Gasteiger partial charge < -0.3 is 9.84 Å². The second-order valence-electron chi connectivity index (χ2n) is 6.94. The van der Waals surface area contributed by atoms with Crippen molar-refractivity contribution >= 4 is 0 Å². The Morgan fingerprint density at radius 3 is 2.95 bits per heavy atom. The van der Waals surface area contributed by atoms with E-state index in [1.807, 2.05) is 0 Å². The van der Waals surface area contributed by atoms with Crippen molar-refractivity contribution in [2.24, 2.45) is 5.92 Å². The average molecular weight is 292 g/mol. The SMILES string of the molecule is CC(C)Cc1noc(CN2CCCCC2C2CCCN2)n1. The van der Waals surface area contributed by atoms with Crippen LogP contribution >= 0.6 is 0 Å². The molecule has 2 aliphatic rings. The molecule has 1 N–H and O–H groups in total. The summed E-state index contributed by atoms with van der Waals surface area (Å²) in [7, 11) is 0. The predicted octanol–water partition coefficient (Wildman–Crippen LogP) is 2.37. The van der Waals surface area contributed by atoms with Gasteiger partial charge in [0.1, 0.15) is 0 Å². The molecule has 3 heterocycles. The van der Waals surface area contributed by atoms with E-state index in [0.29, 0.717) is 18.0 Å². The van der Waals surface area contributed by atoms with Gasteiger partial charge in [-0.05, 0) is 44.7 Å². The number of piperidine rings is 1. The van der Waals surface area contributed by atoms with Gasteiger partial charge in [-0.1, -0.05) is 25.4 Å². The van der Waals surface area contributed by atoms with E-state index in [2.05, 4.69) is 34.2 Å². The van der Waals surface area contributed by atoms with Crippen LogP contribution in [0.25, 0.3) is 0 Å². The van der Waals surface area contributed by atoms with Gasteiger partial charge in [0.25, 0.3) is 0 Å². The van der Waals surface area contributed by atoms with Crippen molar-refractivity contribution < 1.29 is 4.52 Å². The summed E-state index contributed by atoms with van der Waals surface area (Å²) in [5, 5.41) is 7.78. The van der Waals surface area contributed by atoms with Crippen molar-refractivity contribution in [3.63, 3.8) is 0 Å². The van der Waals surface area contributed by atoms with Crippen LogP contribution in [0.2, 0.25) is 0 Å². The van der Waals surface area contributed by atoms with E-state index in [1.165, 1.54) is 38.6 Å². The van der Waals surface area contributed by atoms with Crippen molar-refractivity contribution in [1.29, 1.82) is 0 Å². The third-order valence-corrected chi connectivity index (χ3v) is 4.67. The topological polar surface area (TPSA) is 54.2 Å². The Balaban J connectivity index is 1.62. The van der Waals surface area contributed by atoms with Crippen molar-refractivity contribution in [2.75, 3.05) is 13.1 Å². The first-order chi connectivity index (χ1) is 10.2. The fourth-order valence-electron chi connectivity index (χ4n) is 3.68. The maximum absolute atomic E-state index is 5.46. The minimum absolute atomic E-state index is 0.570. The maximum Gasteiger partial charge on any atom is 0.240 e. The van der Waals surface area contributed by atoms with Gasteiger partial charge in [-0.15, -0.1) is 0 Å². The van der Waals surface area contributed by atoms with Gasteiger partial charge in [-0.3, -0.25) is 4.90 Å². The van der Waals surface area contributed by atoms with Crippen LogP contribution in [-0.4, -0.2) is 40.2 Å². The van der Waals surface area contributed by atoms with Gasteiger partial charge in [0.05, 0.1) is 6.54 Å². The van der Waals surface area contributed by atoms with Gasteiger partial charge in [0.15, 0.2) is 5.82 Å². The van der Waals surface area contributed by atoms with Crippen LogP contribution < -0.4 is 5.32 Å². The molecular formula is C16H28N4O. The summed E-state index contributed by atoms with van der Waals surface area (Å²) in [5.41, 5.74) is 0. The Morgan fingerprint density at radius 1 is 1.29 bits per heavy atom. The first-order valence-corrected chi connectivity index (χ1v) is 8.51. The molecule has 0 bridgehead atoms. The summed E-state index contributed by atoms with van der Waals surface area (Å²) in [6.07, 6.45) is 7.46. The predicted molar refractivity (Wildman–Crippen MR) is 81.9 cm³/mol. The summed E-state index contributed by atoms with van der Waals surface area (Å²) >= 11 is 0. The Labute approximate surface area is 127 Å². The average Bonchev–Trinajstić information content (AvgIpc) is 3.11. The Hall–Kier alpha value is -0.940. The van der Waals surface area contributed by atoms with Crippen LogP contribution in [0, 0.1) is 5.92 Å². The molecule has 5 nitrogen and oxygen atoms in total. The van der Waals surface area contributed by atoms with Gasteiger partial charge >= 0.3 is 0 Å². The zero-order valence-electron chi connectivity index (χ0n) is 13.3. The molecule has 0 spiro atoms. The van der Waals surface area contributed by atoms with Gasteiger partial charge in [-0.25, -0.2) is 0 Å². The lowest BCUT2D eigenvalue weighted by molar-refractivity contribution is 0.0993. The minimum atomic E-state index is 0.570. The van der Waals surface area contributed by atoms with Crippen molar-refractivity contribution in [3.05, 3.63) is 11.7 Å². The number of nitrogens with zero attached hydrogens (tertiary/aromatic N) is 3. The monoisotopic (exact) mass is 292 g/mol. The first kappa shape index (κ1) is 15.0. The van der Waals surface area contributed by atoms with Gasteiger partial charge in [0, 0.05) is 18.5 Å². The highest BCUT2D eigenvalue weighted by Crippen LogP contribution is 2.25. The normalized spacial score (nSPS) is 27.6. The fourth-order valence-corrected chi connectivity index (χ4v) is 3.68. The van der Waals surface area contributed by atoms with Crippen LogP contribution in [0.5, 0.6) is 0 Å². The number of hydrogen-bond acceptors (Lipinski definition) is 5. The second kappa shape index (κ2) is 6.88.